The third kappa shape index (κ3) is 3.54. The molecule has 3 aromatic rings. The Kier molecular flexibility index (Phi) is 5.39. The van der Waals surface area contributed by atoms with E-state index in [-0.39, 0.29) is 11.8 Å². The predicted molar refractivity (Wildman–Crippen MR) is 131 cm³/mol. The highest BCUT2D eigenvalue weighted by Crippen LogP contribution is 2.41. The number of anilines is 2. The number of carbonyl (C=O) groups is 2. The van der Waals surface area contributed by atoms with Crippen LogP contribution in [0.3, 0.4) is 0 Å². The molecule has 0 spiro atoms. The second kappa shape index (κ2) is 8.36. The van der Waals surface area contributed by atoms with Gasteiger partial charge in [0, 0.05) is 22.7 Å². The minimum absolute atomic E-state index is 0.107. The zero-order valence-electron chi connectivity index (χ0n) is 18.3. The highest BCUT2D eigenvalue weighted by molar-refractivity contribution is 7.16. The summed E-state index contributed by atoms with van der Waals surface area (Å²) in [6.45, 7) is 4.56. The second-order valence-corrected chi connectivity index (χ2v) is 9.32. The van der Waals surface area contributed by atoms with E-state index in [4.69, 9.17) is 4.99 Å². The molecule has 0 fully saturated rings. The molecule has 0 unspecified atom stereocenters. The first-order valence-electron chi connectivity index (χ1n) is 11.1. The van der Waals surface area contributed by atoms with Gasteiger partial charge in [-0.25, -0.2) is 4.99 Å². The topological polar surface area (TPSA) is 61.8 Å². The Morgan fingerprint density at radius 1 is 1.09 bits per heavy atom. The van der Waals surface area contributed by atoms with Crippen molar-refractivity contribution in [2.75, 3.05) is 16.8 Å². The number of likely N-dealkylation sites (N-methyl/N-ethyl adjacent to an activating group) is 1. The van der Waals surface area contributed by atoms with E-state index in [1.54, 1.807) is 16.2 Å². The molecule has 1 aromatic heterocycles. The van der Waals surface area contributed by atoms with Crippen LogP contribution in [0.4, 0.5) is 16.4 Å². The molecule has 162 valence electrons. The Morgan fingerprint density at radius 2 is 1.84 bits per heavy atom. The lowest BCUT2D eigenvalue weighted by Crippen LogP contribution is -2.29. The highest BCUT2D eigenvalue weighted by Gasteiger charge is 2.34. The summed E-state index contributed by atoms with van der Waals surface area (Å²) in [7, 11) is 0. The molecule has 2 heterocycles. The molecule has 0 atom stereocenters. The van der Waals surface area contributed by atoms with Crippen LogP contribution in [0.1, 0.15) is 51.7 Å². The third-order valence-corrected chi connectivity index (χ3v) is 7.30. The van der Waals surface area contributed by atoms with Crippen molar-refractivity contribution >= 4 is 45.2 Å². The van der Waals surface area contributed by atoms with Gasteiger partial charge in [-0.1, -0.05) is 35.9 Å². The molecule has 2 aliphatic rings. The van der Waals surface area contributed by atoms with Gasteiger partial charge in [-0.3, -0.25) is 9.59 Å². The summed E-state index contributed by atoms with van der Waals surface area (Å²) in [4.78, 5) is 34.4. The normalized spacial score (nSPS) is 16.2. The Balaban J connectivity index is 1.59. The average Bonchev–Trinajstić information content (AvgIpc) is 3.30. The number of aliphatic imine (C=N–C) groups is 1. The van der Waals surface area contributed by atoms with Crippen LogP contribution in [0, 0.1) is 6.92 Å². The van der Waals surface area contributed by atoms with E-state index in [9.17, 15) is 9.59 Å². The molecular formula is C26H25N3O2S. The monoisotopic (exact) mass is 443 g/mol. The molecule has 1 aliphatic heterocycles. The minimum atomic E-state index is -0.154. The van der Waals surface area contributed by atoms with Crippen molar-refractivity contribution in [2.45, 2.75) is 39.5 Å². The number of nitrogens with zero attached hydrogens (tertiary/aromatic N) is 2. The zero-order chi connectivity index (χ0) is 22.2. The van der Waals surface area contributed by atoms with Crippen LogP contribution in [0.25, 0.3) is 0 Å². The number of para-hydroxylation sites is 1. The fraction of sp³-hybridized carbons (Fsp3) is 0.269. The second-order valence-electron chi connectivity index (χ2n) is 8.24. The van der Waals surface area contributed by atoms with E-state index < -0.39 is 0 Å². The van der Waals surface area contributed by atoms with Crippen molar-refractivity contribution < 1.29 is 9.59 Å². The molecule has 5 rings (SSSR count). The Bertz CT molecular complexity index is 1240. The van der Waals surface area contributed by atoms with Crippen molar-refractivity contribution in [3.05, 3.63) is 75.7 Å². The molecule has 5 nitrogen and oxygen atoms in total. The van der Waals surface area contributed by atoms with Crippen molar-refractivity contribution in [2.24, 2.45) is 4.99 Å². The molecule has 0 saturated carbocycles. The van der Waals surface area contributed by atoms with Crippen LogP contribution in [0.5, 0.6) is 0 Å². The summed E-state index contributed by atoms with van der Waals surface area (Å²) in [6.07, 6.45) is 4.02. The lowest BCUT2D eigenvalue weighted by molar-refractivity contribution is -0.112. The van der Waals surface area contributed by atoms with Gasteiger partial charge in [0.2, 0.25) is 0 Å². The minimum Gasteiger partial charge on any atom is -0.322 e. The van der Waals surface area contributed by atoms with E-state index in [0.29, 0.717) is 22.8 Å². The largest absolute Gasteiger partial charge is 0.322 e. The van der Waals surface area contributed by atoms with Gasteiger partial charge in [0.05, 0.1) is 11.3 Å². The maximum Gasteiger partial charge on any atom is 0.277 e. The molecule has 2 amide bonds. The maximum absolute atomic E-state index is 13.4. The molecule has 0 radical (unpaired) electrons. The SMILES string of the molecule is CCN1C(=O)C(=Nc2sc3c(c2C(=O)Nc2ccc(C)cc2)CCCC3)c2ccccc21. The quantitative estimate of drug-likeness (QED) is 0.564. The molecule has 0 saturated heterocycles. The lowest BCUT2D eigenvalue weighted by Gasteiger charge is -2.13. The fourth-order valence-corrected chi connectivity index (χ4v) is 5.74. The smallest absolute Gasteiger partial charge is 0.277 e. The van der Waals surface area contributed by atoms with Gasteiger partial charge in [0.25, 0.3) is 11.8 Å². The van der Waals surface area contributed by atoms with Crippen LogP contribution in [0.2, 0.25) is 0 Å². The van der Waals surface area contributed by atoms with Crippen molar-refractivity contribution in [3.63, 3.8) is 0 Å². The van der Waals surface area contributed by atoms with Crippen LogP contribution < -0.4 is 10.2 Å². The molecular weight excluding hydrogens is 418 g/mol. The fourth-order valence-electron chi connectivity index (χ4n) is 4.48. The summed E-state index contributed by atoms with van der Waals surface area (Å²) in [6, 6.07) is 15.5. The number of nitrogens with one attached hydrogen (secondary N) is 1. The number of hydrogen-bond acceptors (Lipinski definition) is 4. The summed E-state index contributed by atoms with van der Waals surface area (Å²) >= 11 is 1.56. The highest BCUT2D eigenvalue weighted by atomic mass is 32.1. The van der Waals surface area contributed by atoms with E-state index in [1.165, 1.54) is 4.88 Å². The number of thiophene rings is 1. The molecule has 1 N–H and O–H groups in total. The number of hydrogen-bond donors (Lipinski definition) is 1. The number of amides is 2. The zero-order valence-corrected chi connectivity index (χ0v) is 19.1. The van der Waals surface area contributed by atoms with Gasteiger partial charge in [0.15, 0.2) is 0 Å². The number of fused-ring (bicyclic) bond motifs is 2. The first kappa shape index (κ1) is 20.6. The van der Waals surface area contributed by atoms with Gasteiger partial charge < -0.3 is 10.2 Å². The van der Waals surface area contributed by atoms with Crippen LogP contribution >= 0.6 is 11.3 Å². The van der Waals surface area contributed by atoms with E-state index in [1.807, 2.05) is 62.4 Å². The summed E-state index contributed by atoms with van der Waals surface area (Å²) in [5.41, 5.74) is 5.75. The summed E-state index contributed by atoms with van der Waals surface area (Å²) in [5, 5.41) is 3.68. The van der Waals surface area contributed by atoms with Crippen molar-refractivity contribution in [1.82, 2.24) is 0 Å². The predicted octanol–water partition coefficient (Wildman–Crippen LogP) is 5.67. The van der Waals surface area contributed by atoms with Crippen molar-refractivity contribution in [1.29, 1.82) is 0 Å². The van der Waals surface area contributed by atoms with Gasteiger partial charge in [-0.15, -0.1) is 11.3 Å². The molecule has 6 heteroatoms. The summed E-state index contributed by atoms with van der Waals surface area (Å²) in [5.74, 6) is -0.261. The standard InChI is InChI=1S/C26H25N3O2S/c1-3-29-20-10-6-4-8-18(20)23(26(29)31)28-25-22(19-9-5-7-11-21(19)32-25)24(30)27-17-14-12-16(2)13-15-17/h4,6,8,10,12-15H,3,5,7,9,11H2,1-2H3,(H,27,30). The van der Waals surface area contributed by atoms with E-state index >= 15 is 0 Å². The Labute approximate surface area is 191 Å². The first-order valence-corrected chi connectivity index (χ1v) is 11.9. The van der Waals surface area contributed by atoms with Crippen molar-refractivity contribution in [3.8, 4) is 0 Å². The number of aryl methyl sites for hydroxylation is 2. The molecule has 1 aliphatic carbocycles. The number of rotatable bonds is 4. The maximum atomic E-state index is 13.4. The van der Waals surface area contributed by atoms with E-state index in [2.05, 4.69) is 5.32 Å². The molecule has 2 aromatic carbocycles. The van der Waals surface area contributed by atoms with Gasteiger partial charge in [0.1, 0.15) is 10.7 Å². The van der Waals surface area contributed by atoms with Gasteiger partial charge in [-0.2, -0.15) is 0 Å². The van der Waals surface area contributed by atoms with E-state index in [0.717, 1.165) is 53.7 Å². The Morgan fingerprint density at radius 3 is 2.62 bits per heavy atom. The third-order valence-electron chi connectivity index (χ3n) is 6.12. The number of carbonyl (C=O) groups excluding carboxylic acids is 2. The molecule has 32 heavy (non-hydrogen) atoms. The van der Waals surface area contributed by atoms with Crippen LogP contribution in [-0.2, 0) is 17.6 Å². The lowest BCUT2D eigenvalue weighted by atomic mass is 9.95. The number of benzene rings is 2. The van der Waals surface area contributed by atoms with Crippen LogP contribution in [0.15, 0.2) is 53.5 Å². The van der Waals surface area contributed by atoms with Gasteiger partial charge >= 0.3 is 0 Å². The Hall–Kier alpha value is -3.25. The van der Waals surface area contributed by atoms with Crippen LogP contribution in [-0.4, -0.2) is 24.1 Å². The molecule has 0 bridgehead atoms. The average molecular weight is 444 g/mol. The summed E-state index contributed by atoms with van der Waals surface area (Å²) < 4.78 is 0. The first-order chi connectivity index (χ1) is 15.6. The van der Waals surface area contributed by atoms with Gasteiger partial charge in [-0.05, 0) is 63.3 Å².